The predicted molar refractivity (Wildman–Crippen MR) is 106 cm³/mol. The average molecular weight is 352 g/mol. The van der Waals surface area contributed by atoms with Gasteiger partial charge < -0.3 is 15.0 Å². The lowest BCUT2D eigenvalue weighted by Crippen LogP contribution is -2.26. The Kier molecular flexibility index (Phi) is 6.16. The largest absolute Gasteiger partial charge is 0.497 e. The van der Waals surface area contributed by atoms with E-state index in [1.54, 1.807) is 7.11 Å². The second-order valence-corrected chi connectivity index (χ2v) is 6.94. The summed E-state index contributed by atoms with van der Waals surface area (Å²) in [6.45, 7) is 1.83. The van der Waals surface area contributed by atoms with Crippen molar-refractivity contribution in [1.29, 1.82) is 0 Å². The molecule has 0 atom stereocenters. The van der Waals surface area contributed by atoms with Gasteiger partial charge in [0.15, 0.2) is 0 Å². The topological polar surface area (TPSA) is 41.6 Å². The fourth-order valence-electron chi connectivity index (χ4n) is 3.48. The van der Waals surface area contributed by atoms with Crippen molar-refractivity contribution in [2.24, 2.45) is 0 Å². The molecule has 3 rings (SSSR count). The number of carbonyl (C=O) groups is 1. The van der Waals surface area contributed by atoms with Gasteiger partial charge in [0.2, 0.25) is 5.91 Å². The molecule has 2 aromatic rings. The summed E-state index contributed by atoms with van der Waals surface area (Å²) in [5, 5.41) is 3.04. The zero-order valence-electron chi connectivity index (χ0n) is 15.8. The number of nitrogens with one attached hydrogen (secondary N) is 1. The minimum atomic E-state index is 0.110. The highest BCUT2D eigenvalue weighted by Crippen LogP contribution is 2.26. The maximum absolute atomic E-state index is 12.1. The van der Waals surface area contributed by atoms with E-state index < -0.39 is 0 Å². The van der Waals surface area contributed by atoms with Crippen LogP contribution in [0.4, 0.5) is 5.69 Å². The van der Waals surface area contributed by atoms with Gasteiger partial charge in [-0.25, -0.2) is 0 Å². The minimum absolute atomic E-state index is 0.110. The lowest BCUT2D eigenvalue weighted by atomic mass is 9.98. The Morgan fingerprint density at radius 1 is 1.12 bits per heavy atom. The molecule has 1 heterocycles. The molecule has 26 heavy (non-hydrogen) atoms. The Balaban J connectivity index is 1.42. The number of fused-ring (bicyclic) bond motifs is 1. The van der Waals surface area contributed by atoms with Crippen LogP contribution in [-0.2, 0) is 24.1 Å². The third kappa shape index (κ3) is 4.78. The van der Waals surface area contributed by atoms with Gasteiger partial charge in [-0.2, -0.15) is 0 Å². The van der Waals surface area contributed by atoms with Crippen molar-refractivity contribution in [3.63, 3.8) is 0 Å². The molecule has 0 aromatic heterocycles. The fourth-order valence-corrected chi connectivity index (χ4v) is 3.48. The molecular formula is C22H28N2O2. The average Bonchev–Trinajstić information content (AvgIpc) is 2.67. The lowest BCUT2D eigenvalue weighted by molar-refractivity contribution is -0.121. The molecule has 1 amide bonds. The van der Waals surface area contributed by atoms with E-state index in [1.807, 2.05) is 24.3 Å². The first-order valence-corrected chi connectivity index (χ1v) is 9.38. The van der Waals surface area contributed by atoms with E-state index >= 15 is 0 Å². The summed E-state index contributed by atoms with van der Waals surface area (Å²) < 4.78 is 5.15. The van der Waals surface area contributed by atoms with Crippen LogP contribution in [-0.4, -0.2) is 33.2 Å². The van der Waals surface area contributed by atoms with Crippen LogP contribution < -0.4 is 15.0 Å². The Labute approximate surface area is 156 Å². The number of benzene rings is 2. The van der Waals surface area contributed by atoms with Crippen molar-refractivity contribution in [2.45, 2.75) is 32.1 Å². The van der Waals surface area contributed by atoms with Crippen molar-refractivity contribution in [2.75, 3.05) is 32.1 Å². The molecule has 0 spiro atoms. The summed E-state index contributed by atoms with van der Waals surface area (Å²) in [7, 11) is 3.81. The Bertz CT molecular complexity index is 740. The van der Waals surface area contributed by atoms with Gasteiger partial charge in [-0.1, -0.05) is 24.3 Å². The molecule has 0 radical (unpaired) electrons. The number of ether oxygens (including phenoxy) is 1. The number of amides is 1. The van der Waals surface area contributed by atoms with Gasteiger partial charge in [-0.15, -0.1) is 0 Å². The van der Waals surface area contributed by atoms with Gasteiger partial charge in [0.25, 0.3) is 0 Å². The summed E-state index contributed by atoms with van der Waals surface area (Å²) in [5.74, 6) is 0.952. The maximum atomic E-state index is 12.1. The number of hydrogen-bond donors (Lipinski definition) is 1. The van der Waals surface area contributed by atoms with Crippen LogP contribution in [0.15, 0.2) is 42.5 Å². The summed E-state index contributed by atoms with van der Waals surface area (Å²) >= 11 is 0. The first-order chi connectivity index (χ1) is 12.7. The molecule has 4 heteroatoms. The summed E-state index contributed by atoms with van der Waals surface area (Å²) in [4.78, 5) is 14.4. The van der Waals surface area contributed by atoms with Crippen molar-refractivity contribution in [3.8, 4) is 5.75 Å². The van der Waals surface area contributed by atoms with E-state index in [1.165, 1.54) is 23.2 Å². The molecule has 1 N–H and O–H groups in total. The van der Waals surface area contributed by atoms with Gasteiger partial charge in [-0.3, -0.25) is 4.79 Å². The molecule has 2 aromatic carbocycles. The standard InChI is InChI=1S/C22H28N2O2/c1-24-15-3-4-19-16-18(7-11-21(19)24)13-14-23-22(25)12-8-17-5-9-20(26-2)10-6-17/h5-7,9-11,16H,3-4,8,12-15H2,1-2H3,(H,23,25). The van der Waals surface area contributed by atoms with Gasteiger partial charge in [0.1, 0.15) is 5.75 Å². The van der Waals surface area contributed by atoms with Crippen LogP contribution in [0.1, 0.15) is 29.5 Å². The Morgan fingerprint density at radius 2 is 1.88 bits per heavy atom. The van der Waals surface area contributed by atoms with Crippen LogP contribution in [0.5, 0.6) is 5.75 Å². The number of methoxy groups -OCH3 is 1. The predicted octanol–water partition coefficient (Wildman–Crippen LogP) is 3.37. The summed E-state index contributed by atoms with van der Waals surface area (Å²) in [6, 6.07) is 14.6. The van der Waals surface area contributed by atoms with E-state index in [9.17, 15) is 4.79 Å². The first-order valence-electron chi connectivity index (χ1n) is 9.38. The van der Waals surface area contributed by atoms with Crippen LogP contribution >= 0.6 is 0 Å². The van der Waals surface area contributed by atoms with Crippen LogP contribution in [0, 0.1) is 0 Å². The third-order valence-corrected chi connectivity index (χ3v) is 5.03. The SMILES string of the molecule is COc1ccc(CCC(=O)NCCc2ccc3c(c2)CCCN3C)cc1. The second-order valence-electron chi connectivity index (χ2n) is 6.94. The Morgan fingerprint density at radius 3 is 2.65 bits per heavy atom. The normalized spacial score (nSPS) is 13.2. The molecule has 4 nitrogen and oxygen atoms in total. The highest BCUT2D eigenvalue weighted by molar-refractivity contribution is 5.76. The zero-order valence-corrected chi connectivity index (χ0v) is 15.8. The number of aryl methyl sites for hydroxylation is 2. The highest BCUT2D eigenvalue weighted by Gasteiger charge is 2.13. The molecule has 0 unspecified atom stereocenters. The van der Waals surface area contributed by atoms with Gasteiger partial charge in [-0.05, 0) is 60.6 Å². The number of anilines is 1. The smallest absolute Gasteiger partial charge is 0.220 e. The van der Waals surface area contributed by atoms with E-state index in [4.69, 9.17) is 4.74 Å². The number of nitrogens with zero attached hydrogens (tertiary/aromatic N) is 1. The number of hydrogen-bond acceptors (Lipinski definition) is 3. The minimum Gasteiger partial charge on any atom is -0.497 e. The number of carbonyl (C=O) groups excluding carboxylic acids is 1. The molecule has 138 valence electrons. The highest BCUT2D eigenvalue weighted by atomic mass is 16.5. The molecule has 0 bridgehead atoms. The molecule has 0 saturated heterocycles. The van der Waals surface area contributed by atoms with E-state index in [0.29, 0.717) is 13.0 Å². The maximum Gasteiger partial charge on any atom is 0.220 e. The zero-order chi connectivity index (χ0) is 18.4. The monoisotopic (exact) mass is 352 g/mol. The third-order valence-electron chi connectivity index (χ3n) is 5.03. The fraction of sp³-hybridized carbons (Fsp3) is 0.409. The second kappa shape index (κ2) is 8.75. The molecule has 0 aliphatic carbocycles. The summed E-state index contributed by atoms with van der Waals surface area (Å²) in [6.07, 6.45) is 4.52. The van der Waals surface area contributed by atoms with Gasteiger partial charge in [0, 0.05) is 32.2 Å². The van der Waals surface area contributed by atoms with E-state index in [2.05, 4.69) is 35.5 Å². The molecule has 0 fully saturated rings. The van der Waals surface area contributed by atoms with Crippen molar-refractivity contribution < 1.29 is 9.53 Å². The number of rotatable bonds is 7. The Hall–Kier alpha value is -2.49. The van der Waals surface area contributed by atoms with Crippen molar-refractivity contribution in [3.05, 3.63) is 59.2 Å². The first kappa shape index (κ1) is 18.3. The molecule has 1 aliphatic heterocycles. The van der Waals surface area contributed by atoms with Crippen LogP contribution in [0.3, 0.4) is 0 Å². The summed E-state index contributed by atoms with van der Waals surface area (Å²) in [5.41, 5.74) is 5.24. The van der Waals surface area contributed by atoms with Crippen LogP contribution in [0.25, 0.3) is 0 Å². The van der Waals surface area contributed by atoms with E-state index in [-0.39, 0.29) is 5.91 Å². The van der Waals surface area contributed by atoms with Crippen molar-refractivity contribution >= 4 is 11.6 Å². The van der Waals surface area contributed by atoms with Gasteiger partial charge in [0.05, 0.1) is 7.11 Å². The van der Waals surface area contributed by atoms with E-state index in [0.717, 1.165) is 37.1 Å². The molecule has 0 saturated carbocycles. The quantitative estimate of drug-likeness (QED) is 0.831. The lowest BCUT2D eigenvalue weighted by Gasteiger charge is -2.27. The van der Waals surface area contributed by atoms with Crippen LogP contribution in [0.2, 0.25) is 0 Å². The van der Waals surface area contributed by atoms with Gasteiger partial charge >= 0.3 is 0 Å². The molecular weight excluding hydrogens is 324 g/mol. The van der Waals surface area contributed by atoms with Crippen molar-refractivity contribution in [1.82, 2.24) is 5.32 Å². The molecule has 1 aliphatic rings.